The fourth-order valence-electron chi connectivity index (χ4n) is 3.02. The second kappa shape index (κ2) is 5.06. The number of benzene rings is 2. The van der Waals surface area contributed by atoms with Gasteiger partial charge in [0.05, 0.1) is 16.9 Å². The van der Waals surface area contributed by atoms with E-state index in [0.29, 0.717) is 22.5 Å². The van der Waals surface area contributed by atoms with Gasteiger partial charge in [-0.05, 0) is 44.2 Å². The number of halogens is 1. The predicted molar refractivity (Wildman–Crippen MR) is 92.2 cm³/mol. The van der Waals surface area contributed by atoms with Crippen molar-refractivity contribution < 1.29 is 9.18 Å². The fraction of sp³-hybridized carbons (Fsp3) is 0.150. The number of para-hydroxylation sites is 1. The molecule has 0 bridgehead atoms. The van der Waals surface area contributed by atoms with Crippen LogP contribution in [0.15, 0.2) is 59.6 Å². The summed E-state index contributed by atoms with van der Waals surface area (Å²) in [7, 11) is 0. The van der Waals surface area contributed by atoms with Crippen LogP contribution in [0.2, 0.25) is 0 Å². The Morgan fingerprint density at radius 2 is 1.75 bits per heavy atom. The molecule has 3 aromatic rings. The molecule has 4 heteroatoms. The summed E-state index contributed by atoms with van der Waals surface area (Å²) in [5.41, 5.74) is 2.21. The molecule has 0 unspecified atom stereocenters. The first kappa shape index (κ1) is 14.7. The molecule has 0 N–H and O–H groups in total. The van der Waals surface area contributed by atoms with Gasteiger partial charge in [-0.1, -0.05) is 24.3 Å². The van der Waals surface area contributed by atoms with E-state index in [0.717, 1.165) is 10.9 Å². The highest BCUT2D eigenvalue weighted by atomic mass is 19.1. The monoisotopic (exact) mass is 318 g/mol. The maximum Gasteiger partial charge on any atom is 0.190 e. The van der Waals surface area contributed by atoms with Crippen LogP contribution < -0.4 is 0 Å². The van der Waals surface area contributed by atoms with Crippen LogP contribution in [-0.4, -0.2) is 22.0 Å². The van der Waals surface area contributed by atoms with Gasteiger partial charge < -0.3 is 0 Å². The number of pyridine rings is 1. The van der Waals surface area contributed by atoms with Gasteiger partial charge >= 0.3 is 0 Å². The van der Waals surface area contributed by atoms with Crippen LogP contribution in [0, 0.1) is 5.82 Å². The molecule has 1 aliphatic rings. The molecule has 118 valence electrons. The van der Waals surface area contributed by atoms with Crippen molar-refractivity contribution in [1.29, 1.82) is 0 Å². The van der Waals surface area contributed by atoms with Crippen molar-refractivity contribution in [2.75, 3.05) is 0 Å². The molecule has 0 fully saturated rings. The Morgan fingerprint density at radius 3 is 2.58 bits per heavy atom. The zero-order valence-electron chi connectivity index (χ0n) is 13.4. The highest BCUT2D eigenvalue weighted by Crippen LogP contribution is 2.30. The number of aromatic nitrogens is 1. The molecule has 0 spiro atoms. The first-order valence-corrected chi connectivity index (χ1v) is 7.76. The molecule has 24 heavy (non-hydrogen) atoms. The Kier molecular flexibility index (Phi) is 3.10. The number of Topliss-reactive ketones (excluding diaryl/α,β-unsaturated/α-hetero) is 1. The summed E-state index contributed by atoms with van der Waals surface area (Å²) < 4.78 is 13.6. The average Bonchev–Trinajstić information content (AvgIpc) is 2.58. The molecule has 1 aliphatic heterocycles. The molecule has 4 rings (SSSR count). The Hall–Kier alpha value is -2.88. The van der Waals surface area contributed by atoms with Crippen molar-refractivity contribution in [2.45, 2.75) is 19.4 Å². The van der Waals surface area contributed by atoms with E-state index in [4.69, 9.17) is 0 Å². The summed E-state index contributed by atoms with van der Waals surface area (Å²) >= 11 is 0. The van der Waals surface area contributed by atoms with Gasteiger partial charge in [0.2, 0.25) is 0 Å². The van der Waals surface area contributed by atoms with E-state index in [1.54, 1.807) is 19.9 Å². The molecule has 2 aromatic carbocycles. The Bertz CT molecular complexity index is 1020. The van der Waals surface area contributed by atoms with E-state index < -0.39 is 11.4 Å². The number of nitrogens with zero attached hydrogens (tertiary/aromatic N) is 2. The zero-order chi connectivity index (χ0) is 16.9. The quantitative estimate of drug-likeness (QED) is 0.675. The third kappa shape index (κ3) is 2.22. The third-order valence-corrected chi connectivity index (χ3v) is 4.27. The summed E-state index contributed by atoms with van der Waals surface area (Å²) in [6, 6.07) is 15.9. The van der Waals surface area contributed by atoms with Crippen molar-refractivity contribution in [3.63, 3.8) is 0 Å². The summed E-state index contributed by atoms with van der Waals surface area (Å²) in [4.78, 5) is 21.9. The molecule has 0 radical (unpaired) electrons. The van der Waals surface area contributed by atoms with Crippen LogP contribution in [0.5, 0.6) is 0 Å². The summed E-state index contributed by atoms with van der Waals surface area (Å²) in [5, 5.41) is 1.03. The number of hydrogen-bond donors (Lipinski definition) is 0. The van der Waals surface area contributed by atoms with E-state index in [-0.39, 0.29) is 5.78 Å². The lowest BCUT2D eigenvalue weighted by molar-refractivity contribution is 0.0912. The van der Waals surface area contributed by atoms with Gasteiger partial charge in [0.1, 0.15) is 11.4 Å². The molecule has 0 amide bonds. The lowest BCUT2D eigenvalue weighted by Gasteiger charge is -2.27. The molecule has 0 aliphatic carbocycles. The van der Waals surface area contributed by atoms with Crippen molar-refractivity contribution in [1.82, 2.24) is 4.98 Å². The number of fused-ring (bicyclic) bond motifs is 2. The summed E-state index contributed by atoms with van der Waals surface area (Å²) in [5.74, 6) is -0.604. The van der Waals surface area contributed by atoms with Gasteiger partial charge in [-0.15, -0.1) is 0 Å². The molecular formula is C20H15FN2O. The molecule has 0 saturated carbocycles. The Labute approximate surface area is 138 Å². The van der Waals surface area contributed by atoms with E-state index in [1.165, 1.54) is 12.1 Å². The lowest BCUT2D eigenvalue weighted by atomic mass is 9.84. The minimum absolute atomic E-state index is 0.179. The van der Waals surface area contributed by atoms with Crippen LogP contribution in [-0.2, 0) is 0 Å². The first-order valence-electron chi connectivity index (χ1n) is 7.76. The Balaban J connectivity index is 1.97. The van der Waals surface area contributed by atoms with Crippen molar-refractivity contribution >= 4 is 22.4 Å². The number of ketones is 1. The van der Waals surface area contributed by atoms with Gasteiger partial charge in [0, 0.05) is 16.5 Å². The average molecular weight is 318 g/mol. The number of carbonyl (C=O) groups is 1. The summed E-state index contributed by atoms with van der Waals surface area (Å²) in [6.07, 6.45) is 0. The van der Waals surface area contributed by atoms with Crippen LogP contribution in [0.3, 0.4) is 0 Å². The van der Waals surface area contributed by atoms with Gasteiger partial charge in [0.25, 0.3) is 0 Å². The molecule has 2 heterocycles. The number of rotatable bonds is 1. The fourth-order valence-corrected chi connectivity index (χ4v) is 3.02. The topological polar surface area (TPSA) is 42.3 Å². The van der Waals surface area contributed by atoms with Crippen LogP contribution in [0.1, 0.15) is 35.5 Å². The third-order valence-electron chi connectivity index (χ3n) is 4.27. The number of carbonyl (C=O) groups excluding carboxylic acids is 1. The van der Waals surface area contributed by atoms with Gasteiger partial charge in [0.15, 0.2) is 5.78 Å². The van der Waals surface area contributed by atoms with E-state index in [9.17, 15) is 9.18 Å². The largest absolute Gasteiger partial charge is 0.291 e. The van der Waals surface area contributed by atoms with Gasteiger partial charge in [-0.25, -0.2) is 9.37 Å². The maximum atomic E-state index is 13.6. The highest BCUT2D eigenvalue weighted by molar-refractivity contribution is 6.23. The number of hydrogen-bond acceptors (Lipinski definition) is 3. The van der Waals surface area contributed by atoms with Crippen molar-refractivity contribution in [3.05, 3.63) is 77.2 Å². The minimum atomic E-state index is -0.941. The predicted octanol–water partition coefficient (Wildman–Crippen LogP) is 4.19. The molecule has 3 nitrogen and oxygen atoms in total. The summed E-state index contributed by atoms with van der Waals surface area (Å²) in [6.45, 7) is 3.48. The number of aliphatic imine (C=N–C) groups is 1. The molecular weight excluding hydrogens is 303 g/mol. The second-order valence-electron chi connectivity index (χ2n) is 6.43. The van der Waals surface area contributed by atoms with E-state index >= 15 is 0 Å². The minimum Gasteiger partial charge on any atom is -0.291 e. The first-order chi connectivity index (χ1) is 11.5. The zero-order valence-corrected chi connectivity index (χ0v) is 13.4. The van der Waals surface area contributed by atoms with Crippen molar-refractivity contribution in [3.8, 4) is 0 Å². The smallest absolute Gasteiger partial charge is 0.190 e. The van der Waals surface area contributed by atoms with Crippen molar-refractivity contribution in [2.24, 2.45) is 4.99 Å². The van der Waals surface area contributed by atoms with E-state index in [1.807, 2.05) is 36.4 Å². The standard InChI is InChI=1S/C20H15FN2O/c1-20(2)19(24)15-11-13(21)8-9-14(15)18(23-20)17-10-7-12-5-3-4-6-16(12)22-17/h3-11H,1-2H3. The molecule has 1 aromatic heterocycles. The van der Waals surface area contributed by atoms with Crippen LogP contribution in [0.4, 0.5) is 4.39 Å². The highest BCUT2D eigenvalue weighted by Gasteiger charge is 2.36. The van der Waals surface area contributed by atoms with Gasteiger partial charge in [-0.2, -0.15) is 0 Å². The lowest BCUT2D eigenvalue weighted by Crippen LogP contribution is -2.37. The second-order valence-corrected chi connectivity index (χ2v) is 6.43. The Morgan fingerprint density at radius 1 is 0.958 bits per heavy atom. The van der Waals surface area contributed by atoms with Gasteiger partial charge in [-0.3, -0.25) is 9.79 Å². The molecule has 0 atom stereocenters. The maximum absolute atomic E-state index is 13.6. The SMILES string of the molecule is CC1(C)N=C(c2ccc3ccccc3n2)c2ccc(F)cc2C1=O. The normalized spacial score (nSPS) is 16.0. The molecule has 0 saturated heterocycles. The van der Waals surface area contributed by atoms with Crippen LogP contribution in [0.25, 0.3) is 10.9 Å². The van der Waals surface area contributed by atoms with Crippen LogP contribution >= 0.6 is 0 Å². The van der Waals surface area contributed by atoms with E-state index in [2.05, 4.69) is 9.98 Å².